The third kappa shape index (κ3) is 4.78. The van der Waals surface area contributed by atoms with Crippen molar-refractivity contribution in [3.8, 4) is 0 Å². The van der Waals surface area contributed by atoms with Crippen LogP contribution in [0.15, 0.2) is 42.2 Å². The molecule has 11 heteroatoms. The molecule has 2 aliphatic heterocycles. The van der Waals surface area contributed by atoms with Gasteiger partial charge < -0.3 is 20.1 Å². The highest BCUT2D eigenvalue weighted by molar-refractivity contribution is 7.16. The fourth-order valence-electron chi connectivity index (χ4n) is 5.77. The molecular formula is C28H29F2N7OS. The minimum Gasteiger partial charge on any atom is -0.340 e. The molecule has 1 aliphatic carbocycles. The van der Waals surface area contributed by atoms with Crippen LogP contribution < -0.4 is 5.32 Å². The van der Waals surface area contributed by atoms with Crippen molar-refractivity contribution >= 4 is 55.6 Å². The number of nitrogens with zero attached hydrogens (tertiary/aromatic N) is 5. The summed E-state index contributed by atoms with van der Waals surface area (Å²) >= 11 is 1.60. The highest BCUT2D eigenvalue weighted by atomic mass is 32.1. The van der Waals surface area contributed by atoms with Gasteiger partial charge in [-0.2, -0.15) is 0 Å². The SMILES string of the molecule is O=C(N1CC=C(c2cc3c(Nc4ccc5ncsc5c4)ncnc3[nH]2)CC1)C1(CN2CCC(F)(F)CC2)CC1. The molecule has 39 heavy (non-hydrogen) atoms. The number of nitrogens with one attached hydrogen (secondary N) is 2. The van der Waals surface area contributed by atoms with E-state index in [4.69, 9.17) is 0 Å². The number of aromatic amines is 1. The van der Waals surface area contributed by atoms with Crippen LogP contribution in [0.25, 0.3) is 26.8 Å². The van der Waals surface area contributed by atoms with Gasteiger partial charge in [0.2, 0.25) is 5.91 Å². The number of alkyl halides is 2. The van der Waals surface area contributed by atoms with E-state index in [2.05, 4.69) is 48.4 Å². The van der Waals surface area contributed by atoms with Gasteiger partial charge in [0.1, 0.15) is 17.8 Å². The first-order valence-corrected chi connectivity index (χ1v) is 14.3. The topological polar surface area (TPSA) is 90.0 Å². The molecule has 7 rings (SSSR count). The molecule has 0 atom stereocenters. The Morgan fingerprint density at radius 2 is 1.92 bits per heavy atom. The predicted octanol–water partition coefficient (Wildman–Crippen LogP) is 5.44. The average molecular weight is 550 g/mol. The number of amides is 1. The maximum absolute atomic E-state index is 13.6. The number of carbonyl (C=O) groups excluding carboxylic acids is 1. The molecule has 0 spiro atoms. The Morgan fingerprint density at radius 3 is 2.69 bits per heavy atom. The number of thiazole rings is 1. The number of halogens is 2. The fourth-order valence-corrected chi connectivity index (χ4v) is 6.49. The lowest BCUT2D eigenvalue weighted by atomic mass is 9.98. The van der Waals surface area contributed by atoms with Crippen LogP contribution in [0.4, 0.5) is 20.3 Å². The van der Waals surface area contributed by atoms with Crippen LogP contribution in [-0.2, 0) is 4.79 Å². The molecular weight excluding hydrogens is 520 g/mol. The molecule has 1 saturated carbocycles. The number of benzene rings is 1. The number of likely N-dealkylation sites (tertiary alicyclic amines) is 1. The van der Waals surface area contributed by atoms with E-state index in [0.717, 1.165) is 63.3 Å². The van der Waals surface area contributed by atoms with E-state index in [1.54, 1.807) is 17.7 Å². The Morgan fingerprint density at radius 1 is 1.08 bits per heavy atom. The van der Waals surface area contributed by atoms with E-state index in [0.29, 0.717) is 32.7 Å². The van der Waals surface area contributed by atoms with Crippen molar-refractivity contribution in [1.29, 1.82) is 0 Å². The Labute approximate surface area is 228 Å². The van der Waals surface area contributed by atoms with Crippen LogP contribution >= 0.6 is 11.3 Å². The average Bonchev–Trinajstić information content (AvgIpc) is 3.35. The number of H-pyrrole nitrogens is 1. The number of piperidine rings is 1. The number of hydrogen-bond donors (Lipinski definition) is 2. The maximum Gasteiger partial charge on any atom is 0.250 e. The lowest BCUT2D eigenvalue weighted by molar-refractivity contribution is -0.138. The molecule has 8 nitrogen and oxygen atoms in total. The lowest BCUT2D eigenvalue weighted by Gasteiger charge is -2.36. The molecule has 1 aromatic carbocycles. The highest BCUT2D eigenvalue weighted by Crippen LogP contribution is 2.49. The molecule has 1 saturated heterocycles. The van der Waals surface area contributed by atoms with E-state index in [9.17, 15) is 13.6 Å². The molecule has 3 aromatic heterocycles. The van der Waals surface area contributed by atoms with Crippen molar-refractivity contribution in [2.24, 2.45) is 5.41 Å². The number of rotatable bonds is 6. The lowest BCUT2D eigenvalue weighted by Crippen LogP contribution is -2.47. The molecule has 1 amide bonds. The van der Waals surface area contributed by atoms with Crippen LogP contribution in [0.5, 0.6) is 0 Å². The first-order valence-electron chi connectivity index (χ1n) is 13.4. The summed E-state index contributed by atoms with van der Waals surface area (Å²) < 4.78 is 28.2. The van der Waals surface area contributed by atoms with Crippen LogP contribution in [0.3, 0.4) is 0 Å². The van der Waals surface area contributed by atoms with Gasteiger partial charge in [-0.25, -0.2) is 23.7 Å². The third-order valence-electron chi connectivity index (χ3n) is 8.28. The van der Waals surface area contributed by atoms with Crippen molar-refractivity contribution < 1.29 is 13.6 Å². The van der Waals surface area contributed by atoms with E-state index in [-0.39, 0.29) is 18.7 Å². The Bertz CT molecular complexity index is 1580. The van der Waals surface area contributed by atoms with Crippen molar-refractivity contribution in [2.45, 2.75) is 38.0 Å². The zero-order valence-corrected chi connectivity index (χ0v) is 22.2. The number of fused-ring (bicyclic) bond motifs is 2. The van der Waals surface area contributed by atoms with Crippen molar-refractivity contribution in [3.05, 3.63) is 47.9 Å². The predicted molar refractivity (Wildman–Crippen MR) is 148 cm³/mol. The van der Waals surface area contributed by atoms with Gasteiger partial charge in [0.15, 0.2) is 0 Å². The molecule has 0 radical (unpaired) electrons. The summed E-state index contributed by atoms with van der Waals surface area (Å²) in [5, 5.41) is 4.32. The van der Waals surface area contributed by atoms with Crippen LogP contribution in [0.2, 0.25) is 0 Å². The fraction of sp³-hybridized carbons (Fsp3) is 0.429. The van der Waals surface area contributed by atoms with E-state index >= 15 is 0 Å². The minimum absolute atomic E-state index is 0.111. The van der Waals surface area contributed by atoms with Crippen molar-refractivity contribution in [2.75, 3.05) is 38.0 Å². The summed E-state index contributed by atoms with van der Waals surface area (Å²) in [6.07, 6.45) is 5.87. The van der Waals surface area contributed by atoms with Gasteiger partial charge in [0.25, 0.3) is 5.92 Å². The molecule has 202 valence electrons. The molecule has 0 unspecified atom stereocenters. The second kappa shape index (κ2) is 9.34. The molecule has 2 N–H and O–H groups in total. The molecule has 5 heterocycles. The second-order valence-electron chi connectivity index (χ2n) is 11.0. The van der Waals surface area contributed by atoms with Gasteiger partial charge in [-0.15, -0.1) is 11.3 Å². The summed E-state index contributed by atoms with van der Waals surface area (Å²) in [7, 11) is 0. The quantitative estimate of drug-likeness (QED) is 0.333. The zero-order chi connectivity index (χ0) is 26.6. The third-order valence-corrected chi connectivity index (χ3v) is 9.07. The van der Waals surface area contributed by atoms with Gasteiger partial charge in [0.05, 0.1) is 26.5 Å². The summed E-state index contributed by atoms with van der Waals surface area (Å²) in [5.41, 5.74) is 6.24. The van der Waals surface area contributed by atoms with Crippen molar-refractivity contribution in [1.82, 2.24) is 29.7 Å². The van der Waals surface area contributed by atoms with E-state index in [1.165, 1.54) is 0 Å². The number of aromatic nitrogens is 4. The number of anilines is 2. The molecule has 3 aliphatic rings. The first-order chi connectivity index (χ1) is 18.9. The zero-order valence-electron chi connectivity index (χ0n) is 21.4. The Balaban J connectivity index is 1.04. The maximum atomic E-state index is 13.6. The minimum atomic E-state index is -2.56. The molecule has 4 aromatic rings. The van der Waals surface area contributed by atoms with E-state index in [1.807, 2.05) is 22.5 Å². The van der Waals surface area contributed by atoms with Crippen LogP contribution in [-0.4, -0.2) is 74.3 Å². The normalized spacial score (nSPS) is 20.8. The molecule has 2 fully saturated rings. The number of carbonyl (C=O) groups is 1. The Kier molecular flexibility index (Phi) is 5.89. The summed E-state index contributed by atoms with van der Waals surface area (Å²) in [4.78, 5) is 34.1. The summed E-state index contributed by atoms with van der Waals surface area (Å²) in [6, 6.07) is 8.12. The van der Waals surface area contributed by atoms with Gasteiger partial charge in [0, 0.05) is 56.9 Å². The van der Waals surface area contributed by atoms with Gasteiger partial charge in [-0.05, 0) is 49.1 Å². The second-order valence-corrected chi connectivity index (χ2v) is 11.9. The highest BCUT2D eigenvalue weighted by Gasteiger charge is 2.53. The smallest absolute Gasteiger partial charge is 0.250 e. The van der Waals surface area contributed by atoms with Gasteiger partial charge in [-0.3, -0.25) is 4.79 Å². The largest absolute Gasteiger partial charge is 0.340 e. The summed E-state index contributed by atoms with van der Waals surface area (Å²) in [6.45, 7) is 2.53. The van der Waals surface area contributed by atoms with Gasteiger partial charge in [-0.1, -0.05) is 6.08 Å². The van der Waals surface area contributed by atoms with Gasteiger partial charge >= 0.3 is 0 Å². The monoisotopic (exact) mass is 549 g/mol. The first kappa shape index (κ1) is 24.6. The van der Waals surface area contributed by atoms with Crippen LogP contribution in [0, 0.1) is 5.41 Å². The standard InChI is InChI=1S/C28H29F2N7OS/c29-28(30)7-11-36(12-8-28)15-27(5-6-27)26(38)37-9-3-18(4-10-37)22-14-20-24(31-16-32-25(20)35-22)34-19-1-2-21-23(13-19)39-17-33-21/h1-3,13-14,16-17H,4-12,15H2,(H2,31,32,34,35). The van der Waals surface area contributed by atoms with Crippen molar-refractivity contribution in [3.63, 3.8) is 0 Å². The summed E-state index contributed by atoms with van der Waals surface area (Å²) in [5.74, 6) is -1.67. The molecule has 0 bridgehead atoms. The van der Waals surface area contributed by atoms with E-state index < -0.39 is 11.3 Å². The Hall–Kier alpha value is -3.44. The number of hydrogen-bond acceptors (Lipinski definition) is 7. The van der Waals surface area contributed by atoms with Crippen LogP contribution in [0.1, 0.15) is 37.8 Å².